The molecule has 0 N–H and O–H groups in total. The molecule has 0 spiro atoms. The molecule has 2 amide bonds. The van der Waals surface area contributed by atoms with Crippen molar-refractivity contribution in [3.8, 4) is 5.75 Å². The normalized spacial score (nSPS) is 24.8. The highest BCUT2D eigenvalue weighted by Crippen LogP contribution is 2.24. The van der Waals surface area contributed by atoms with Crippen molar-refractivity contribution in [2.75, 3.05) is 19.6 Å². The first-order valence-corrected chi connectivity index (χ1v) is 8.56. The first-order chi connectivity index (χ1) is 11.5. The van der Waals surface area contributed by atoms with Crippen LogP contribution in [0.1, 0.15) is 25.7 Å². The van der Waals surface area contributed by atoms with Crippen molar-refractivity contribution in [2.24, 2.45) is 0 Å². The van der Waals surface area contributed by atoms with E-state index in [9.17, 15) is 14.0 Å². The highest BCUT2D eigenvalue weighted by Gasteiger charge is 2.36. The predicted octanol–water partition coefficient (Wildman–Crippen LogP) is 3.26. The van der Waals surface area contributed by atoms with Crippen molar-refractivity contribution in [2.45, 2.75) is 37.9 Å². The summed E-state index contributed by atoms with van der Waals surface area (Å²) in [5.74, 6) is 0.405. The summed E-state index contributed by atoms with van der Waals surface area (Å²) in [4.78, 5) is 27.4. The molecule has 2 aliphatic heterocycles. The fourth-order valence-corrected chi connectivity index (χ4v) is 3.39. The number of ether oxygens (including phenoxy) is 1. The molecule has 7 heteroatoms. The smallest absolute Gasteiger partial charge is 0.410 e. The second kappa shape index (κ2) is 7.38. The van der Waals surface area contributed by atoms with E-state index in [0.717, 1.165) is 12.8 Å². The maximum Gasteiger partial charge on any atom is 0.415 e. The number of rotatable bonds is 2. The number of carbonyl (C=O) groups is 2. The molecule has 24 heavy (non-hydrogen) atoms. The van der Waals surface area contributed by atoms with Crippen molar-refractivity contribution in [3.05, 3.63) is 29.3 Å². The van der Waals surface area contributed by atoms with E-state index in [1.54, 1.807) is 29.2 Å². The van der Waals surface area contributed by atoms with Gasteiger partial charge in [0.2, 0.25) is 5.91 Å². The van der Waals surface area contributed by atoms with E-state index in [1.807, 2.05) is 0 Å². The lowest BCUT2D eigenvalue weighted by molar-refractivity contribution is -0.137. The molecule has 2 saturated heterocycles. The van der Waals surface area contributed by atoms with Gasteiger partial charge in [-0.2, -0.15) is 0 Å². The van der Waals surface area contributed by atoms with Gasteiger partial charge in [0.1, 0.15) is 11.9 Å². The Balaban J connectivity index is 1.65. The Morgan fingerprint density at radius 1 is 1.21 bits per heavy atom. The minimum absolute atomic E-state index is 0.00897. The Labute approximate surface area is 145 Å². The van der Waals surface area contributed by atoms with Crippen LogP contribution in [-0.4, -0.2) is 53.6 Å². The maximum atomic E-state index is 14.1. The first-order valence-electron chi connectivity index (χ1n) is 8.19. The van der Waals surface area contributed by atoms with Gasteiger partial charge in [-0.1, -0.05) is 11.6 Å². The van der Waals surface area contributed by atoms with Crippen LogP contribution < -0.4 is 4.74 Å². The zero-order chi connectivity index (χ0) is 17.1. The van der Waals surface area contributed by atoms with E-state index in [-0.39, 0.29) is 24.9 Å². The monoisotopic (exact) mass is 354 g/mol. The third-order valence-electron chi connectivity index (χ3n) is 4.46. The molecule has 0 bridgehead atoms. The molecule has 0 radical (unpaired) electrons. The molecule has 0 unspecified atom stereocenters. The van der Waals surface area contributed by atoms with Gasteiger partial charge in [-0.05, 0) is 37.1 Å². The average molecular weight is 355 g/mol. The summed E-state index contributed by atoms with van der Waals surface area (Å²) in [6.45, 7) is 0.930. The number of nitrogens with zero attached hydrogens (tertiary/aromatic N) is 2. The van der Waals surface area contributed by atoms with Crippen LogP contribution in [0.3, 0.4) is 0 Å². The second-order valence-corrected chi connectivity index (χ2v) is 6.69. The topological polar surface area (TPSA) is 49.9 Å². The lowest BCUT2D eigenvalue weighted by Crippen LogP contribution is -2.56. The first kappa shape index (κ1) is 17.0. The van der Waals surface area contributed by atoms with Gasteiger partial charge < -0.3 is 14.5 Å². The third kappa shape index (κ3) is 3.98. The summed E-state index contributed by atoms with van der Waals surface area (Å²) in [5.41, 5.74) is 0. The van der Waals surface area contributed by atoms with Crippen LogP contribution in [-0.2, 0) is 4.79 Å². The lowest BCUT2D eigenvalue weighted by atomic mass is 9.99. The van der Waals surface area contributed by atoms with E-state index in [2.05, 4.69) is 0 Å². The highest BCUT2D eigenvalue weighted by atomic mass is 35.5. The average Bonchev–Trinajstić information content (AvgIpc) is 2.57. The van der Waals surface area contributed by atoms with E-state index in [1.165, 1.54) is 4.90 Å². The summed E-state index contributed by atoms with van der Waals surface area (Å²) in [5, 5.41) is 0.542. The van der Waals surface area contributed by atoms with Crippen molar-refractivity contribution in [1.29, 1.82) is 0 Å². The van der Waals surface area contributed by atoms with E-state index in [0.29, 0.717) is 30.3 Å². The van der Waals surface area contributed by atoms with Crippen LogP contribution in [0.4, 0.5) is 9.18 Å². The molecular weight excluding hydrogens is 335 g/mol. The number of hydrogen-bond acceptors (Lipinski definition) is 3. The number of hydrogen-bond donors (Lipinski definition) is 0. The Hall–Kier alpha value is -1.82. The van der Waals surface area contributed by atoms with Crippen LogP contribution in [0, 0.1) is 0 Å². The summed E-state index contributed by atoms with van der Waals surface area (Å²) in [6, 6.07) is 6.13. The van der Waals surface area contributed by atoms with E-state index >= 15 is 0 Å². The quantitative estimate of drug-likeness (QED) is 0.819. The Morgan fingerprint density at radius 2 is 1.96 bits per heavy atom. The van der Waals surface area contributed by atoms with Crippen molar-refractivity contribution >= 4 is 23.6 Å². The fraction of sp³-hybridized carbons (Fsp3) is 0.529. The van der Waals surface area contributed by atoms with Gasteiger partial charge in [-0.3, -0.25) is 4.79 Å². The molecule has 2 aliphatic rings. The minimum atomic E-state index is -1.16. The number of alkyl halides is 1. The number of piperidine rings is 2. The number of benzene rings is 1. The molecule has 1 aromatic rings. The van der Waals surface area contributed by atoms with Gasteiger partial charge >= 0.3 is 6.09 Å². The maximum absolute atomic E-state index is 14.1. The fourth-order valence-electron chi connectivity index (χ4n) is 3.27. The minimum Gasteiger partial charge on any atom is -0.410 e. The van der Waals surface area contributed by atoms with Crippen LogP contribution >= 0.6 is 11.6 Å². The Bertz CT molecular complexity index is 610. The van der Waals surface area contributed by atoms with E-state index < -0.39 is 12.3 Å². The van der Waals surface area contributed by atoms with E-state index in [4.69, 9.17) is 16.3 Å². The van der Waals surface area contributed by atoms with Gasteiger partial charge in [0.05, 0.1) is 12.6 Å². The lowest BCUT2D eigenvalue weighted by Gasteiger charge is -2.41. The molecule has 2 heterocycles. The Kier molecular flexibility index (Phi) is 5.23. The zero-order valence-corrected chi connectivity index (χ0v) is 14.0. The number of halogens is 2. The molecule has 0 aliphatic carbocycles. The van der Waals surface area contributed by atoms with Crippen molar-refractivity contribution in [3.63, 3.8) is 0 Å². The van der Waals surface area contributed by atoms with Gasteiger partial charge in [-0.15, -0.1) is 0 Å². The molecule has 130 valence electrons. The molecule has 2 fully saturated rings. The molecule has 0 saturated carbocycles. The number of amides is 2. The summed E-state index contributed by atoms with van der Waals surface area (Å²) >= 11 is 5.80. The second-order valence-electron chi connectivity index (χ2n) is 6.26. The zero-order valence-electron chi connectivity index (χ0n) is 13.3. The number of carbonyl (C=O) groups excluding carboxylic acids is 2. The molecule has 5 nitrogen and oxygen atoms in total. The van der Waals surface area contributed by atoms with Crippen LogP contribution in [0.15, 0.2) is 24.3 Å². The van der Waals surface area contributed by atoms with Crippen molar-refractivity contribution in [1.82, 2.24) is 9.80 Å². The summed E-state index contributed by atoms with van der Waals surface area (Å²) in [6.07, 6.45) is 0.821. The molecule has 0 aromatic heterocycles. The summed E-state index contributed by atoms with van der Waals surface area (Å²) in [7, 11) is 0. The van der Waals surface area contributed by atoms with Gasteiger partial charge in [0, 0.05) is 31.0 Å². The standard InChI is InChI=1S/C17H20ClFN2O3/c18-12-4-6-15(7-5-12)24-17(23)20-10-13(19)9-14(11-20)21-8-2-1-3-16(21)22/h4-7,13-14H,1-3,8-11H2/t13-,14-/m0/s1. The molecule has 3 rings (SSSR count). The highest BCUT2D eigenvalue weighted by molar-refractivity contribution is 6.30. The molecule has 2 atom stereocenters. The SMILES string of the molecule is O=C(Oc1ccc(Cl)cc1)N1C[C@@H](F)C[C@H](N2CCCCC2=O)C1. The summed E-state index contributed by atoms with van der Waals surface area (Å²) < 4.78 is 19.4. The molecule has 1 aromatic carbocycles. The predicted molar refractivity (Wildman–Crippen MR) is 87.9 cm³/mol. The van der Waals surface area contributed by atoms with Gasteiger partial charge in [0.25, 0.3) is 0 Å². The number of likely N-dealkylation sites (tertiary alicyclic amines) is 2. The van der Waals surface area contributed by atoms with Crippen LogP contribution in [0.5, 0.6) is 5.75 Å². The van der Waals surface area contributed by atoms with Gasteiger partial charge in [-0.25, -0.2) is 9.18 Å². The third-order valence-corrected chi connectivity index (χ3v) is 4.71. The van der Waals surface area contributed by atoms with Crippen LogP contribution in [0.25, 0.3) is 0 Å². The molecular formula is C17H20ClFN2O3. The van der Waals surface area contributed by atoms with Gasteiger partial charge in [0.15, 0.2) is 0 Å². The van der Waals surface area contributed by atoms with Crippen LogP contribution in [0.2, 0.25) is 5.02 Å². The largest absolute Gasteiger partial charge is 0.415 e. The Morgan fingerprint density at radius 3 is 2.67 bits per heavy atom. The van der Waals surface area contributed by atoms with Crippen molar-refractivity contribution < 1.29 is 18.7 Å².